The van der Waals surface area contributed by atoms with Crippen LogP contribution in [0, 0.1) is 11.3 Å². The van der Waals surface area contributed by atoms with Crippen molar-refractivity contribution in [1.82, 2.24) is 9.55 Å². The lowest BCUT2D eigenvalue weighted by Crippen LogP contribution is -2.02. The molecule has 4 heteroatoms. The van der Waals surface area contributed by atoms with Gasteiger partial charge in [0.05, 0.1) is 18.2 Å². The molecule has 0 saturated heterocycles. The topological polar surface area (TPSA) is 61.8 Å². The second-order valence-electron chi connectivity index (χ2n) is 3.36. The van der Waals surface area contributed by atoms with Crippen molar-refractivity contribution in [3.8, 4) is 17.5 Å². The molecule has 80 valence electrons. The summed E-state index contributed by atoms with van der Waals surface area (Å²) in [6.07, 6.45) is 3.52. The van der Waals surface area contributed by atoms with Crippen LogP contribution in [0.1, 0.15) is 5.56 Å². The second-order valence-corrected chi connectivity index (χ2v) is 3.36. The number of imidazole rings is 1. The van der Waals surface area contributed by atoms with E-state index in [1.807, 2.05) is 22.9 Å². The quantitative estimate of drug-likeness (QED) is 0.838. The number of aliphatic hydroxyl groups excluding tert-OH is 1. The van der Waals surface area contributed by atoms with Crippen molar-refractivity contribution in [1.29, 1.82) is 5.26 Å². The maximum absolute atomic E-state index is 8.90. The lowest BCUT2D eigenvalue weighted by atomic mass is 10.1. The number of aliphatic hydroxyl groups is 1. The van der Waals surface area contributed by atoms with Gasteiger partial charge in [-0.2, -0.15) is 5.26 Å². The Labute approximate surface area is 93.4 Å². The third-order valence-corrected chi connectivity index (χ3v) is 2.33. The van der Waals surface area contributed by atoms with Crippen molar-refractivity contribution in [2.75, 3.05) is 6.61 Å². The molecule has 0 atom stereocenters. The molecule has 0 aliphatic rings. The van der Waals surface area contributed by atoms with Gasteiger partial charge < -0.3 is 9.67 Å². The van der Waals surface area contributed by atoms with Crippen LogP contribution in [-0.4, -0.2) is 21.3 Å². The molecule has 1 heterocycles. The molecule has 0 bridgehead atoms. The minimum Gasteiger partial charge on any atom is -0.395 e. The van der Waals surface area contributed by atoms with Crippen LogP contribution in [0.5, 0.6) is 0 Å². The monoisotopic (exact) mass is 213 g/mol. The fraction of sp³-hybridized carbons (Fsp3) is 0.167. The Morgan fingerprint density at radius 3 is 2.69 bits per heavy atom. The van der Waals surface area contributed by atoms with Gasteiger partial charge in [0, 0.05) is 24.5 Å². The lowest BCUT2D eigenvalue weighted by Gasteiger charge is -2.05. The van der Waals surface area contributed by atoms with Gasteiger partial charge >= 0.3 is 0 Å². The first kappa shape index (κ1) is 10.4. The van der Waals surface area contributed by atoms with E-state index in [1.54, 1.807) is 18.3 Å². The van der Waals surface area contributed by atoms with Gasteiger partial charge in [-0.1, -0.05) is 0 Å². The van der Waals surface area contributed by atoms with E-state index in [0.29, 0.717) is 12.1 Å². The molecule has 4 nitrogen and oxygen atoms in total. The molecule has 1 aromatic heterocycles. The summed E-state index contributed by atoms with van der Waals surface area (Å²) in [4.78, 5) is 4.23. The third-order valence-electron chi connectivity index (χ3n) is 2.33. The fourth-order valence-corrected chi connectivity index (χ4v) is 1.55. The molecule has 0 amide bonds. The average molecular weight is 213 g/mol. The number of hydrogen-bond donors (Lipinski definition) is 1. The summed E-state index contributed by atoms with van der Waals surface area (Å²) in [5, 5.41) is 17.6. The van der Waals surface area contributed by atoms with E-state index >= 15 is 0 Å². The van der Waals surface area contributed by atoms with Crippen molar-refractivity contribution in [3.05, 3.63) is 42.2 Å². The molecule has 0 spiro atoms. The SMILES string of the molecule is N#Cc1ccc(-c2nccn2CCO)cc1. The van der Waals surface area contributed by atoms with E-state index < -0.39 is 0 Å². The molecular formula is C12H11N3O. The Morgan fingerprint density at radius 1 is 1.31 bits per heavy atom. The highest BCUT2D eigenvalue weighted by Gasteiger charge is 2.04. The summed E-state index contributed by atoms with van der Waals surface area (Å²) in [7, 11) is 0. The second kappa shape index (κ2) is 4.60. The smallest absolute Gasteiger partial charge is 0.139 e. The number of hydrogen-bond acceptors (Lipinski definition) is 3. The molecule has 16 heavy (non-hydrogen) atoms. The zero-order valence-corrected chi connectivity index (χ0v) is 8.67. The number of aromatic nitrogens is 2. The maximum Gasteiger partial charge on any atom is 0.139 e. The summed E-state index contributed by atoms with van der Waals surface area (Å²) >= 11 is 0. The number of benzene rings is 1. The van der Waals surface area contributed by atoms with Crippen LogP contribution in [0.4, 0.5) is 0 Å². The molecule has 0 aliphatic carbocycles. The van der Waals surface area contributed by atoms with Crippen LogP contribution < -0.4 is 0 Å². The van der Waals surface area contributed by atoms with Gasteiger partial charge in [-0.05, 0) is 24.3 Å². The first-order chi connectivity index (χ1) is 7.85. The minimum absolute atomic E-state index is 0.0830. The normalized spacial score (nSPS) is 10.0. The van der Waals surface area contributed by atoms with Crippen LogP contribution in [0.15, 0.2) is 36.7 Å². The zero-order valence-electron chi connectivity index (χ0n) is 8.67. The summed E-state index contributed by atoms with van der Waals surface area (Å²) < 4.78 is 1.88. The fourth-order valence-electron chi connectivity index (χ4n) is 1.55. The predicted molar refractivity (Wildman–Crippen MR) is 59.5 cm³/mol. The highest BCUT2D eigenvalue weighted by atomic mass is 16.3. The van der Waals surface area contributed by atoms with Gasteiger partial charge in [-0.3, -0.25) is 0 Å². The van der Waals surface area contributed by atoms with E-state index in [0.717, 1.165) is 11.4 Å². The predicted octanol–water partition coefficient (Wildman–Crippen LogP) is 1.41. The van der Waals surface area contributed by atoms with E-state index in [1.165, 1.54) is 0 Å². The van der Waals surface area contributed by atoms with E-state index in [-0.39, 0.29) is 6.61 Å². The van der Waals surface area contributed by atoms with Crippen LogP contribution in [-0.2, 0) is 6.54 Å². The molecule has 0 fully saturated rings. The van der Waals surface area contributed by atoms with E-state index in [9.17, 15) is 0 Å². The molecule has 0 radical (unpaired) electrons. The summed E-state index contributed by atoms with van der Waals surface area (Å²) in [6.45, 7) is 0.606. The highest BCUT2D eigenvalue weighted by molar-refractivity contribution is 5.57. The van der Waals surface area contributed by atoms with Gasteiger partial charge in [0.1, 0.15) is 5.82 Å². The number of rotatable bonds is 3. The molecule has 0 saturated carbocycles. The van der Waals surface area contributed by atoms with Crippen molar-refractivity contribution >= 4 is 0 Å². The van der Waals surface area contributed by atoms with Gasteiger partial charge in [-0.15, -0.1) is 0 Å². The lowest BCUT2D eigenvalue weighted by molar-refractivity contribution is 0.276. The van der Waals surface area contributed by atoms with E-state index in [2.05, 4.69) is 11.1 Å². The third kappa shape index (κ3) is 1.95. The van der Waals surface area contributed by atoms with Gasteiger partial charge in [0.2, 0.25) is 0 Å². The number of nitriles is 1. The average Bonchev–Trinajstić information content (AvgIpc) is 2.78. The Balaban J connectivity index is 2.35. The summed E-state index contributed by atoms with van der Waals surface area (Å²) in [6, 6.07) is 9.30. The van der Waals surface area contributed by atoms with Gasteiger partial charge in [-0.25, -0.2) is 4.98 Å². The first-order valence-corrected chi connectivity index (χ1v) is 4.97. The summed E-state index contributed by atoms with van der Waals surface area (Å²) in [5.41, 5.74) is 1.57. The Kier molecular flexibility index (Phi) is 2.99. The number of nitrogens with zero attached hydrogens (tertiary/aromatic N) is 3. The molecular weight excluding hydrogens is 202 g/mol. The molecule has 0 aliphatic heterocycles. The van der Waals surface area contributed by atoms with Crippen LogP contribution >= 0.6 is 0 Å². The Morgan fingerprint density at radius 2 is 2.06 bits per heavy atom. The van der Waals surface area contributed by atoms with Crippen molar-refractivity contribution in [2.24, 2.45) is 0 Å². The van der Waals surface area contributed by atoms with E-state index in [4.69, 9.17) is 10.4 Å². The van der Waals surface area contributed by atoms with Crippen molar-refractivity contribution in [3.63, 3.8) is 0 Å². The molecule has 1 aromatic carbocycles. The standard InChI is InChI=1S/C12H11N3O/c13-9-10-1-3-11(4-2-10)12-14-5-6-15(12)7-8-16/h1-6,16H,7-8H2. The maximum atomic E-state index is 8.90. The zero-order chi connectivity index (χ0) is 11.4. The van der Waals surface area contributed by atoms with Gasteiger partial charge in [0.15, 0.2) is 0 Å². The van der Waals surface area contributed by atoms with Crippen LogP contribution in [0.2, 0.25) is 0 Å². The highest BCUT2D eigenvalue weighted by Crippen LogP contribution is 2.17. The van der Waals surface area contributed by atoms with Crippen LogP contribution in [0.25, 0.3) is 11.4 Å². The minimum atomic E-state index is 0.0830. The Bertz CT molecular complexity index is 508. The van der Waals surface area contributed by atoms with Crippen LogP contribution in [0.3, 0.4) is 0 Å². The van der Waals surface area contributed by atoms with Gasteiger partial charge in [0.25, 0.3) is 0 Å². The first-order valence-electron chi connectivity index (χ1n) is 4.97. The summed E-state index contributed by atoms with van der Waals surface area (Å²) in [5.74, 6) is 0.804. The Hall–Kier alpha value is -2.12. The molecule has 1 N–H and O–H groups in total. The van der Waals surface area contributed by atoms with Crippen molar-refractivity contribution in [2.45, 2.75) is 6.54 Å². The molecule has 2 rings (SSSR count). The molecule has 2 aromatic rings. The molecule has 0 unspecified atom stereocenters. The largest absolute Gasteiger partial charge is 0.395 e. The van der Waals surface area contributed by atoms with Crippen molar-refractivity contribution < 1.29 is 5.11 Å².